The van der Waals surface area contributed by atoms with E-state index in [2.05, 4.69) is 17.1 Å². The fourth-order valence-corrected chi connectivity index (χ4v) is 2.69. The van der Waals surface area contributed by atoms with Crippen LogP contribution < -0.4 is 5.32 Å². The molecule has 2 rings (SSSR count). The molecule has 1 aromatic rings. The zero-order valence-corrected chi connectivity index (χ0v) is 11.3. The van der Waals surface area contributed by atoms with Crippen molar-refractivity contribution in [3.05, 3.63) is 35.6 Å². The van der Waals surface area contributed by atoms with Crippen LogP contribution in [0.15, 0.2) is 24.3 Å². The van der Waals surface area contributed by atoms with Crippen LogP contribution in [0.5, 0.6) is 0 Å². The molecule has 0 bridgehead atoms. The van der Waals surface area contributed by atoms with Gasteiger partial charge in [-0.15, -0.1) is 0 Å². The monoisotopic (exact) mass is 250 g/mol. The van der Waals surface area contributed by atoms with Gasteiger partial charge in [-0.2, -0.15) is 0 Å². The van der Waals surface area contributed by atoms with E-state index in [1.165, 1.54) is 18.4 Å². The Morgan fingerprint density at radius 3 is 2.44 bits per heavy atom. The smallest absolute Gasteiger partial charge is 0.123 e. The third kappa shape index (κ3) is 3.53. The Morgan fingerprint density at radius 1 is 1.28 bits per heavy atom. The summed E-state index contributed by atoms with van der Waals surface area (Å²) in [7, 11) is 2.04. The molecule has 0 saturated carbocycles. The summed E-state index contributed by atoms with van der Waals surface area (Å²) in [6, 6.07) is 7.60. The van der Waals surface area contributed by atoms with Crippen molar-refractivity contribution in [3.8, 4) is 0 Å². The van der Waals surface area contributed by atoms with Crippen molar-refractivity contribution in [2.45, 2.75) is 31.7 Å². The van der Waals surface area contributed by atoms with Gasteiger partial charge >= 0.3 is 0 Å². The summed E-state index contributed by atoms with van der Waals surface area (Å²) in [6.07, 6.45) is 2.46. The van der Waals surface area contributed by atoms with Crippen molar-refractivity contribution in [1.82, 2.24) is 10.2 Å². The van der Waals surface area contributed by atoms with E-state index in [9.17, 15) is 4.39 Å². The predicted octanol–water partition coefficient (Wildman–Crippen LogP) is 2.61. The number of likely N-dealkylation sites (tertiary alicyclic amines) is 1. The lowest BCUT2D eigenvalue weighted by molar-refractivity contribution is 0.194. The number of hydrogen-bond donors (Lipinski definition) is 1. The van der Waals surface area contributed by atoms with Crippen LogP contribution in [0, 0.1) is 5.82 Å². The Morgan fingerprint density at radius 2 is 1.89 bits per heavy atom. The van der Waals surface area contributed by atoms with Crippen LogP contribution in [0.3, 0.4) is 0 Å². The van der Waals surface area contributed by atoms with E-state index in [4.69, 9.17) is 0 Å². The molecule has 2 nitrogen and oxygen atoms in total. The first kappa shape index (κ1) is 13.5. The van der Waals surface area contributed by atoms with Crippen molar-refractivity contribution < 1.29 is 4.39 Å². The van der Waals surface area contributed by atoms with Gasteiger partial charge in [0, 0.05) is 12.6 Å². The Bertz CT molecular complexity index is 355. The molecule has 1 aliphatic heterocycles. The maximum Gasteiger partial charge on any atom is 0.123 e. The molecule has 1 fully saturated rings. The molecule has 0 radical (unpaired) electrons. The largest absolute Gasteiger partial charge is 0.317 e. The van der Waals surface area contributed by atoms with Gasteiger partial charge in [0.15, 0.2) is 0 Å². The number of piperidine rings is 1. The highest BCUT2D eigenvalue weighted by atomic mass is 19.1. The van der Waals surface area contributed by atoms with Crippen LogP contribution in [0.25, 0.3) is 0 Å². The number of rotatable bonds is 4. The maximum absolute atomic E-state index is 12.9. The average molecular weight is 250 g/mol. The topological polar surface area (TPSA) is 15.3 Å². The van der Waals surface area contributed by atoms with Crippen molar-refractivity contribution in [1.29, 1.82) is 0 Å². The maximum atomic E-state index is 12.9. The van der Waals surface area contributed by atoms with E-state index in [1.54, 1.807) is 12.1 Å². The highest BCUT2D eigenvalue weighted by Crippen LogP contribution is 2.19. The fourth-order valence-electron chi connectivity index (χ4n) is 2.69. The van der Waals surface area contributed by atoms with Gasteiger partial charge in [-0.25, -0.2) is 4.39 Å². The standard InChI is InChI=1S/C15H23FN2/c1-12(13-3-5-14(16)6-4-13)11-18-9-7-15(17-2)8-10-18/h3-6,12,15,17H,7-11H2,1-2H3. The van der Waals surface area contributed by atoms with E-state index in [0.29, 0.717) is 12.0 Å². The molecular weight excluding hydrogens is 227 g/mol. The second-order valence-electron chi connectivity index (χ2n) is 5.32. The van der Waals surface area contributed by atoms with Gasteiger partial charge in [0.25, 0.3) is 0 Å². The fraction of sp³-hybridized carbons (Fsp3) is 0.600. The third-order valence-corrected chi connectivity index (χ3v) is 3.97. The first-order valence-corrected chi connectivity index (χ1v) is 6.84. The molecule has 3 heteroatoms. The molecule has 1 saturated heterocycles. The van der Waals surface area contributed by atoms with Gasteiger partial charge < -0.3 is 10.2 Å². The number of hydrogen-bond acceptors (Lipinski definition) is 2. The van der Waals surface area contributed by atoms with Crippen LogP contribution in [-0.4, -0.2) is 37.6 Å². The predicted molar refractivity (Wildman–Crippen MR) is 73.3 cm³/mol. The zero-order chi connectivity index (χ0) is 13.0. The molecule has 1 N–H and O–H groups in total. The molecule has 100 valence electrons. The Hall–Kier alpha value is -0.930. The zero-order valence-electron chi connectivity index (χ0n) is 11.3. The molecule has 0 amide bonds. The van der Waals surface area contributed by atoms with Crippen LogP contribution in [0.1, 0.15) is 31.2 Å². The molecule has 0 aromatic heterocycles. The highest BCUT2D eigenvalue weighted by Gasteiger charge is 2.19. The van der Waals surface area contributed by atoms with Crippen LogP contribution in [0.2, 0.25) is 0 Å². The number of nitrogens with zero attached hydrogens (tertiary/aromatic N) is 1. The van der Waals surface area contributed by atoms with E-state index in [1.807, 2.05) is 19.2 Å². The molecule has 1 unspecified atom stereocenters. The normalized spacial score (nSPS) is 19.9. The summed E-state index contributed by atoms with van der Waals surface area (Å²) < 4.78 is 12.9. The van der Waals surface area contributed by atoms with Gasteiger partial charge in [-0.1, -0.05) is 19.1 Å². The van der Waals surface area contributed by atoms with Crippen molar-refractivity contribution in [2.24, 2.45) is 0 Å². The SMILES string of the molecule is CNC1CCN(CC(C)c2ccc(F)cc2)CC1. The molecule has 0 aliphatic carbocycles. The van der Waals surface area contributed by atoms with Crippen molar-refractivity contribution in [3.63, 3.8) is 0 Å². The molecule has 18 heavy (non-hydrogen) atoms. The minimum Gasteiger partial charge on any atom is -0.317 e. The van der Waals surface area contributed by atoms with Crippen LogP contribution >= 0.6 is 0 Å². The van der Waals surface area contributed by atoms with Gasteiger partial charge in [-0.3, -0.25) is 0 Å². The summed E-state index contributed by atoms with van der Waals surface area (Å²) in [5, 5.41) is 3.35. The summed E-state index contributed by atoms with van der Waals surface area (Å²) >= 11 is 0. The minimum atomic E-state index is -0.152. The van der Waals surface area contributed by atoms with E-state index >= 15 is 0 Å². The van der Waals surface area contributed by atoms with Crippen molar-refractivity contribution >= 4 is 0 Å². The minimum absolute atomic E-state index is 0.152. The number of nitrogens with one attached hydrogen (secondary N) is 1. The molecule has 1 aromatic carbocycles. The molecule has 1 atom stereocenters. The summed E-state index contributed by atoms with van der Waals surface area (Å²) in [5.74, 6) is 0.317. The molecule has 1 aliphatic rings. The summed E-state index contributed by atoms with van der Waals surface area (Å²) in [4.78, 5) is 2.52. The van der Waals surface area contributed by atoms with Gasteiger partial charge in [0.1, 0.15) is 5.82 Å². The third-order valence-electron chi connectivity index (χ3n) is 3.97. The lowest BCUT2D eigenvalue weighted by atomic mass is 9.98. The lowest BCUT2D eigenvalue weighted by Gasteiger charge is -2.33. The van der Waals surface area contributed by atoms with Gasteiger partial charge in [0.2, 0.25) is 0 Å². The molecular formula is C15H23FN2. The average Bonchev–Trinajstić information content (AvgIpc) is 2.40. The molecule has 0 spiro atoms. The van der Waals surface area contributed by atoms with Gasteiger partial charge in [-0.05, 0) is 56.6 Å². The van der Waals surface area contributed by atoms with E-state index in [-0.39, 0.29) is 5.82 Å². The Balaban J connectivity index is 1.84. The second kappa shape index (κ2) is 6.30. The quantitative estimate of drug-likeness (QED) is 0.883. The number of benzene rings is 1. The Kier molecular flexibility index (Phi) is 4.72. The highest BCUT2D eigenvalue weighted by molar-refractivity contribution is 5.20. The Labute approximate surface area is 109 Å². The molecule has 1 heterocycles. The summed E-state index contributed by atoms with van der Waals surface area (Å²) in [5.41, 5.74) is 1.23. The van der Waals surface area contributed by atoms with Crippen LogP contribution in [-0.2, 0) is 0 Å². The number of halogens is 1. The van der Waals surface area contributed by atoms with Crippen LogP contribution in [0.4, 0.5) is 4.39 Å². The lowest BCUT2D eigenvalue weighted by Crippen LogP contribution is -2.42. The first-order valence-electron chi connectivity index (χ1n) is 6.84. The van der Waals surface area contributed by atoms with Gasteiger partial charge in [0.05, 0.1) is 0 Å². The van der Waals surface area contributed by atoms with Crippen molar-refractivity contribution in [2.75, 3.05) is 26.7 Å². The second-order valence-corrected chi connectivity index (χ2v) is 5.32. The van der Waals surface area contributed by atoms with E-state index in [0.717, 1.165) is 19.6 Å². The summed E-state index contributed by atoms with van der Waals surface area (Å²) in [6.45, 7) is 5.62. The first-order chi connectivity index (χ1) is 8.69. The van der Waals surface area contributed by atoms with E-state index < -0.39 is 0 Å².